The van der Waals surface area contributed by atoms with E-state index in [4.69, 9.17) is 16.1 Å². The van der Waals surface area contributed by atoms with E-state index in [2.05, 4.69) is 22.2 Å². The Balaban J connectivity index is 1.39. The van der Waals surface area contributed by atoms with Crippen molar-refractivity contribution in [1.29, 1.82) is 0 Å². The molecule has 1 aliphatic heterocycles. The summed E-state index contributed by atoms with van der Waals surface area (Å²) in [7, 11) is 0. The Kier molecular flexibility index (Phi) is 5.03. The molecule has 1 atom stereocenters. The van der Waals surface area contributed by atoms with Crippen LogP contribution in [0.3, 0.4) is 0 Å². The zero-order valence-electron chi connectivity index (χ0n) is 16.9. The summed E-state index contributed by atoms with van der Waals surface area (Å²) in [6.07, 6.45) is 2.12. The smallest absolute Gasteiger partial charge is 0.232 e. The number of carbonyl (C=O) groups is 1. The van der Waals surface area contributed by atoms with Crippen LogP contribution in [0.4, 0.5) is 5.69 Å². The lowest BCUT2D eigenvalue weighted by atomic mass is 10.1. The monoisotopic (exact) mass is 433 g/mol. The van der Waals surface area contributed by atoms with Crippen molar-refractivity contribution in [3.8, 4) is 22.6 Å². The molecule has 2 aromatic carbocycles. The third-order valence-corrected chi connectivity index (χ3v) is 5.70. The van der Waals surface area contributed by atoms with Gasteiger partial charge in [-0.3, -0.25) is 9.48 Å². The Morgan fingerprint density at radius 1 is 1.13 bits per heavy atom. The summed E-state index contributed by atoms with van der Waals surface area (Å²) in [6.45, 7) is 3.33. The van der Waals surface area contributed by atoms with E-state index >= 15 is 0 Å². The number of anilines is 1. The highest BCUT2D eigenvalue weighted by atomic mass is 35.5. The number of nitrogens with zero attached hydrogens (tertiary/aromatic N) is 5. The van der Waals surface area contributed by atoms with E-state index in [9.17, 15) is 4.79 Å². The van der Waals surface area contributed by atoms with Crippen LogP contribution < -0.4 is 4.90 Å². The second kappa shape index (κ2) is 8.00. The fraction of sp³-hybridized carbons (Fsp3) is 0.217. The van der Waals surface area contributed by atoms with E-state index in [1.807, 2.05) is 47.1 Å². The van der Waals surface area contributed by atoms with Crippen molar-refractivity contribution >= 4 is 23.2 Å². The van der Waals surface area contributed by atoms with Gasteiger partial charge in [-0.05, 0) is 37.3 Å². The van der Waals surface area contributed by atoms with Gasteiger partial charge in [0.05, 0.1) is 11.6 Å². The van der Waals surface area contributed by atoms with E-state index in [1.54, 1.807) is 23.2 Å². The minimum absolute atomic E-state index is 0.0156. The van der Waals surface area contributed by atoms with E-state index < -0.39 is 0 Å². The molecular weight excluding hydrogens is 414 g/mol. The van der Waals surface area contributed by atoms with E-state index in [0.29, 0.717) is 29.7 Å². The maximum Gasteiger partial charge on any atom is 0.232 e. The summed E-state index contributed by atoms with van der Waals surface area (Å²) in [6, 6.07) is 17.2. The topological polar surface area (TPSA) is 77.0 Å². The predicted octanol–water partition coefficient (Wildman–Crippen LogP) is 4.79. The summed E-state index contributed by atoms with van der Waals surface area (Å²) in [4.78, 5) is 18.9. The minimum Gasteiger partial charge on any atom is -0.339 e. The molecule has 0 radical (unpaired) electrons. The molecule has 0 bridgehead atoms. The fourth-order valence-corrected chi connectivity index (χ4v) is 4.12. The highest BCUT2D eigenvalue weighted by Gasteiger charge is 2.35. The average Bonchev–Trinajstić information content (AvgIpc) is 3.53. The van der Waals surface area contributed by atoms with Gasteiger partial charge in [0.1, 0.15) is 0 Å². The second-order valence-corrected chi connectivity index (χ2v) is 7.89. The summed E-state index contributed by atoms with van der Waals surface area (Å²) in [5.74, 6) is 0.837. The number of aryl methyl sites for hydroxylation is 1. The van der Waals surface area contributed by atoms with Crippen molar-refractivity contribution in [3.05, 3.63) is 71.7 Å². The van der Waals surface area contributed by atoms with Gasteiger partial charge in [0.25, 0.3) is 0 Å². The number of hydrogen-bond donors (Lipinski definition) is 0. The zero-order valence-corrected chi connectivity index (χ0v) is 17.7. The molecule has 2 aromatic heterocycles. The van der Waals surface area contributed by atoms with Crippen molar-refractivity contribution in [3.63, 3.8) is 0 Å². The first-order valence-electron chi connectivity index (χ1n) is 10.1. The molecule has 4 aromatic rings. The molecule has 8 heteroatoms. The Hall–Kier alpha value is -3.45. The van der Waals surface area contributed by atoms with Crippen LogP contribution in [0.1, 0.15) is 25.2 Å². The Morgan fingerprint density at radius 3 is 2.81 bits per heavy atom. The van der Waals surface area contributed by atoms with Crippen LogP contribution >= 0.6 is 11.6 Å². The van der Waals surface area contributed by atoms with Crippen LogP contribution in [0, 0.1) is 0 Å². The van der Waals surface area contributed by atoms with Crippen molar-refractivity contribution in [2.45, 2.75) is 25.8 Å². The Bertz CT molecular complexity index is 1250. The molecule has 0 N–H and O–H groups in total. The fourth-order valence-electron chi connectivity index (χ4n) is 3.93. The van der Waals surface area contributed by atoms with Gasteiger partial charge < -0.3 is 9.42 Å². The summed E-state index contributed by atoms with van der Waals surface area (Å²) < 4.78 is 7.49. The molecule has 5 rings (SSSR count). The molecule has 1 fully saturated rings. The summed E-state index contributed by atoms with van der Waals surface area (Å²) >= 11 is 6.08. The summed E-state index contributed by atoms with van der Waals surface area (Å²) in [5, 5.41) is 9.11. The number of rotatable bonds is 5. The molecule has 0 spiro atoms. The predicted molar refractivity (Wildman–Crippen MR) is 118 cm³/mol. The van der Waals surface area contributed by atoms with Gasteiger partial charge in [0.2, 0.25) is 17.6 Å². The number of halogens is 1. The van der Waals surface area contributed by atoms with Gasteiger partial charge in [-0.1, -0.05) is 41.0 Å². The minimum atomic E-state index is -0.155. The molecule has 1 saturated heterocycles. The molecule has 0 unspecified atom stereocenters. The molecular formula is C23H20ClN5O2. The molecule has 156 valence electrons. The van der Waals surface area contributed by atoms with Crippen LogP contribution in [-0.2, 0) is 11.3 Å². The van der Waals surface area contributed by atoms with Crippen molar-refractivity contribution in [2.75, 3.05) is 11.4 Å². The molecule has 0 saturated carbocycles. The van der Waals surface area contributed by atoms with Crippen LogP contribution in [0.5, 0.6) is 0 Å². The SMILES string of the molecule is CCn1nccc1-c1cccc(-c2noc([C@@H]3CC(=O)N(c4cccc(Cl)c4)C3)n2)c1. The van der Waals surface area contributed by atoms with E-state index in [1.165, 1.54) is 0 Å². The highest BCUT2D eigenvalue weighted by Crippen LogP contribution is 2.33. The first kappa shape index (κ1) is 19.5. The lowest BCUT2D eigenvalue weighted by Gasteiger charge is -2.16. The first-order chi connectivity index (χ1) is 15.1. The quantitative estimate of drug-likeness (QED) is 0.452. The normalized spacial score (nSPS) is 16.3. The average molecular weight is 434 g/mol. The third kappa shape index (κ3) is 3.72. The standard InChI is InChI=1S/C23H20ClN5O2/c1-2-29-20(9-10-25-29)15-5-3-6-16(11-15)22-26-23(31-27-22)17-12-21(30)28(14-17)19-8-4-7-18(24)13-19/h3-11,13,17H,2,12,14H2,1H3/t17-/m1/s1. The molecule has 3 heterocycles. The van der Waals surface area contributed by atoms with E-state index in [-0.39, 0.29) is 11.8 Å². The number of aromatic nitrogens is 4. The van der Waals surface area contributed by atoms with Crippen molar-refractivity contribution < 1.29 is 9.32 Å². The lowest BCUT2D eigenvalue weighted by Crippen LogP contribution is -2.24. The van der Waals surface area contributed by atoms with Gasteiger partial charge in [-0.2, -0.15) is 10.1 Å². The van der Waals surface area contributed by atoms with Gasteiger partial charge in [0.15, 0.2) is 0 Å². The van der Waals surface area contributed by atoms with Crippen LogP contribution in [0.15, 0.2) is 65.3 Å². The van der Waals surface area contributed by atoms with Crippen molar-refractivity contribution in [1.82, 2.24) is 19.9 Å². The number of benzene rings is 2. The molecule has 1 aliphatic rings. The molecule has 0 aliphatic carbocycles. The van der Waals surface area contributed by atoms with Gasteiger partial charge in [-0.25, -0.2) is 0 Å². The summed E-state index contributed by atoms with van der Waals surface area (Å²) in [5.41, 5.74) is 3.70. The maximum atomic E-state index is 12.6. The van der Waals surface area contributed by atoms with E-state index in [0.717, 1.165) is 29.1 Å². The number of carbonyl (C=O) groups excluding carboxylic acids is 1. The second-order valence-electron chi connectivity index (χ2n) is 7.45. The van der Waals surface area contributed by atoms with Crippen LogP contribution in [-0.4, -0.2) is 32.4 Å². The van der Waals surface area contributed by atoms with Gasteiger partial charge in [-0.15, -0.1) is 0 Å². The van der Waals surface area contributed by atoms with Crippen LogP contribution in [0.25, 0.3) is 22.6 Å². The Labute approximate surface area is 184 Å². The van der Waals surface area contributed by atoms with Gasteiger partial charge >= 0.3 is 0 Å². The first-order valence-corrected chi connectivity index (χ1v) is 10.5. The van der Waals surface area contributed by atoms with Gasteiger partial charge in [0, 0.05) is 47.5 Å². The van der Waals surface area contributed by atoms with Crippen LogP contribution in [0.2, 0.25) is 5.02 Å². The third-order valence-electron chi connectivity index (χ3n) is 5.47. The zero-order chi connectivity index (χ0) is 21.4. The van der Waals surface area contributed by atoms with Crippen molar-refractivity contribution in [2.24, 2.45) is 0 Å². The largest absolute Gasteiger partial charge is 0.339 e. The molecule has 31 heavy (non-hydrogen) atoms. The lowest BCUT2D eigenvalue weighted by molar-refractivity contribution is -0.117. The Morgan fingerprint density at radius 2 is 1.97 bits per heavy atom. The molecule has 7 nitrogen and oxygen atoms in total. The molecule has 1 amide bonds. The highest BCUT2D eigenvalue weighted by molar-refractivity contribution is 6.30. The number of amides is 1. The maximum absolute atomic E-state index is 12.6. The number of hydrogen-bond acceptors (Lipinski definition) is 5.